The Morgan fingerprint density at radius 2 is 1.92 bits per heavy atom. The van der Waals surface area contributed by atoms with E-state index in [1.54, 1.807) is 17.4 Å². The van der Waals surface area contributed by atoms with Crippen LogP contribution in [-0.4, -0.2) is 48.0 Å². The second-order valence-electron chi connectivity index (χ2n) is 6.21. The van der Waals surface area contributed by atoms with Gasteiger partial charge in [0.15, 0.2) is 0 Å². The summed E-state index contributed by atoms with van der Waals surface area (Å²) in [6.07, 6.45) is 0. The number of carbonyl (C=O) groups excluding carboxylic acids is 1. The molecule has 0 aliphatic carbocycles. The lowest BCUT2D eigenvalue weighted by atomic mass is 10.1. The molecule has 6 heteroatoms. The minimum Gasteiger partial charge on any atom is -0.351 e. The molecule has 0 atom stereocenters. The SMILES string of the molecule is CN(C)CCNC(=O)c1cccc2nc3c(nc12)sc1ccccc13. The Morgan fingerprint density at radius 1 is 1.08 bits per heavy atom. The van der Waals surface area contributed by atoms with Crippen LogP contribution in [0.5, 0.6) is 0 Å². The van der Waals surface area contributed by atoms with Crippen LogP contribution in [0.4, 0.5) is 0 Å². The van der Waals surface area contributed by atoms with E-state index in [9.17, 15) is 4.79 Å². The standard InChI is InChI=1S/C19H18N4OS/c1-23(2)11-10-20-18(24)13-7-5-8-14-16(13)22-19-17(21-14)12-6-3-4-9-15(12)25-19/h3-9H,10-11H2,1-2H3,(H,20,24). The molecule has 0 bridgehead atoms. The number of likely N-dealkylation sites (N-methyl/N-ethyl adjacent to an activating group) is 1. The Bertz CT molecular complexity index is 1090. The van der Waals surface area contributed by atoms with Crippen LogP contribution >= 0.6 is 11.3 Å². The first-order chi connectivity index (χ1) is 12.1. The molecule has 0 aliphatic rings. The van der Waals surface area contributed by atoms with Crippen LogP contribution < -0.4 is 5.32 Å². The van der Waals surface area contributed by atoms with Crippen LogP contribution in [0.1, 0.15) is 10.4 Å². The number of fused-ring (bicyclic) bond motifs is 4. The highest BCUT2D eigenvalue weighted by Gasteiger charge is 2.15. The van der Waals surface area contributed by atoms with Crippen molar-refractivity contribution < 1.29 is 4.79 Å². The van der Waals surface area contributed by atoms with Gasteiger partial charge in [0.05, 0.1) is 11.1 Å². The molecule has 0 radical (unpaired) electrons. The van der Waals surface area contributed by atoms with Crippen LogP contribution in [0.25, 0.3) is 31.5 Å². The van der Waals surface area contributed by atoms with Crippen molar-refractivity contribution in [3.63, 3.8) is 0 Å². The zero-order valence-corrected chi connectivity index (χ0v) is 14.9. The predicted octanol–water partition coefficient (Wildman–Crippen LogP) is 3.29. The van der Waals surface area contributed by atoms with Crippen molar-refractivity contribution >= 4 is 48.7 Å². The second-order valence-corrected chi connectivity index (χ2v) is 7.24. The number of hydrogen-bond acceptors (Lipinski definition) is 5. The number of nitrogens with one attached hydrogen (secondary N) is 1. The average molecular weight is 350 g/mol. The fourth-order valence-electron chi connectivity index (χ4n) is 2.84. The summed E-state index contributed by atoms with van der Waals surface area (Å²) >= 11 is 1.61. The van der Waals surface area contributed by atoms with E-state index in [1.165, 1.54) is 0 Å². The van der Waals surface area contributed by atoms with Crippen LogP contribution in [0.3, 0.4) is 0 Å². The first kappa shape index (κ1) is 15.9. The lowest BCUT2D eigenvalue weighted by Gasteiger charge is -2.11. The van der Waals surface area contributed by atoms with Gasteiger partial charge in [-0.05, 0) is 32.3 Å². The number of rotatable bonds is 4. The molecule has 0 fully saturated rings. The highest BCUT2D eigenvalue weighted by molar-refractivity contribution is 7.25. The van der Waals surface area contributed by atoms with E-state index in [1.807, 2.05) is 43.3 Å². The van der Waals surface area contributed by atoms with Crippen molar-refractivity contribution in [3.05, 3.63) is 48.0 Å². The minimum atomic E-state index is -0.109. The first-order valence-electron chi connectivity index (χ1n) is 8.14. The number of benzene rings is 2. The Hall–Kier alpha value is -2.57. The van der Waals surface area contributed by atoms with Gasteiger partial charge in [0.25, 0.3) is 5.91 Å². The van der Waals surface area contributed by atoms with E-state index in [0.29, 0.717) is 17.6 Å². The third-order valence-corrected chi connectivity index (χ3v) is 5.15. The number of para-hydroxylation sites is 1. The van der Waals surface area contributed by atoms with Crippen LogP contribution in [0, 0.1) is 0 Å². The van der Waals surface area contributed by atoms with Crippen LogP contribution in [-0.2, 0) is 0 Å². The first-order valence-corrected chi connectivity index (χ1v) is 8.96. The van der Waals surface area contributed by atoms with Gasteiger partial charge < -0.3 is 10.2 Å². The zero-order chi connectivity index (χ0) is 17.4. The Labute approximate surface area is 149 Å². The Balaban J connectivity index is 1.80. The molecule has 0 saturated carbocycles. The van der Waals surface area contributed by atoms with Gasteiger partial charge >= 0.3 is 0 Å². The number of thiophene rings is 1. The summed E-state index contributed by atoms with van der Waals surface area (Å²) in [6, 6.07) is 13.7. The van der Waals surface area contributed by atoms with Crippen molar-refractivity contribution in [2.45, 2.75) is 0 Å². The molecule has 0 unspecified atom stereocenters. The Kier molecular flexibility index (Phi) is 4.07. The fourth-order valence-corrected chi connectivity index (χ4v) is 3.85. The third kappa shape index (κ3) is 2.94. The van der Waals surface area contributed by atoms with Gasteiger partial charge in [-0.2, -0.15) is 0 Å². The molecule has 4 rings (SSSR count). The van der Waals surface area contributed by atoms with E-state index in [4.69, 9.17) is 9.97 Å². The molecule has 25 heavy (non-hydrogen) atoms. The topological polar surface area (TPSA) is 58.1 Å². The molecule has 2 heterocycles. The normalized spacial score (nSPS) is 11.6. The van der Waals surface area contributed by atoms with Crippen LogP contribution in [0.15, 0.2) is 42.5 Å². The van der Waals surface area contributed by atoms with Gasteiger partial charge in [0.2, 0.25) is 0 Å². The quantitative estimate of drug-likeness (QED) is 0.614. The van der Waals surface area contributed by atoms with Gasteiger partial charge in [-0.3, -0.25) is 4.79 Å². The average Bonchev–Trinajstić information content (AvgIpc) is 2.96. The summed E-state index contributed by atoms with van der Waals surface area (Å²) < 4.78 is 1.16. The molecule has 4 aromatic rings. The van der Waals surface area contributed by atoms with E-state index in [-0.39, 0.29) is 5.91 Å². The number of hydrogen-bond donors (Lipinski definition) is 1. The molecule has 1 amide bonds. The number of aromatic nitrogens is 2. The summed E-state index contributed by atoms with van der Waals surface area (Å²) in [5.41, 5.74) is 2.88. The molecular weight excluding hydrogens is 332 g/mol. The molecule has 126 valence electrons. The van der Waals surface area contributed by atoms with Crippen molar-refractivity contribution in [2.75, 3.05) is 27.2 Å². The lowest BCUT2D eigenvalue weighted by molar-refractivity contribution is 0.0952. The van der Waals surface area contributed by atoms with Crippen molar-refractivity contribution in [1.82, 2.24) is 20.2 Å². The maximum Gasteiger partial charge on any atom is 0.253 e. The molecular formula is C19H18N4OS. The van der Waals surface area contributed by atoms with Gasteiger partial charge in [-0.25, -0.2) is 9.97 Å². The van der Waals surface area contributed by atoms with E-state index >= 15 is 0 Å². The largest absolute Gasteiger partial charge is 0.351 e. The monoisotopic (exact) mass is 350 g/mol. The van der Waals surface area contributed by atoms with Gasteiger partial charge in [0.1, 0.15) is 15.9 Å². The van der Waals surface area contributed by atoms with Crippen molar-refractivity contribution in [1.29, 1.82) is 0 Å². The lowest BCUT2D eigenvalue weighted by Crippen LogP contribution is -2.31. The van der Waals surface area contributed by atoms with E-state index < -0.39 is 0 Å². The summed E-state index contributed by atoms with van der Waals surface area (Å²) in [6.45, 7) is 1.39. The van der Waals surface area contributed by atoms with Crippen LogP contribution in [0.2, 0.25) is 0 Å². The highest BCUT2D eigenvalue weighted by atomic mass is 32.1. The minimum absolute atomic E-state index is 0.109. The molecule has 5 nitrogen and oxygen atoms in total. The smallest absolute Gasteiger partial charge is 0.253 e. The van der Waals surface area contributed by atoms with E-state index in [0.717, 1.165) is 32.5 Å². The van der Waals surface area contributed by atoms with Crippen molar-refractivity contribution in [2.24, 2.45) is 0 Å². The molecule has 2 aromatic heterocycles. The summed E-state index contributed by atoms with van der Waals surface area (Å²) in [5.74, 6) is -0.109. The molecule has 0 spiro atoms. The van der Waals surface area contributed by atoms with Crippen molar-refractivity contribution in [3.8, 4) is 0 Å². The fraction of sp³-hybridized carbons (Fsp3) is 0.211. The zero-order valence-electron chi connectivity index (χ0n) is 14.1. The molecule has 0 saturated heterocycles. The van der Waals surface area contributed by atoms with Gasteiger partial charge in [0, 0.05) is 23.2 Å². The molecule has 0 aliphatic heterocycles. The highest BCUT2D eigenvalue weighted by Crippen LogP contribution is 2.32. The van der Waals surface area contributed by atoms with Gasteiger partial charge in [-0.15, -0.1) is 11.3 Å². The van der Waals surface area contributed by atoms with Gasteiger partial charge in [-0.1, -0.05) is 24.3 Å². The molecule has 1 N–H and O–H groups in total. The maximum absolute atomic E-state index is 12.6. The summed E-state index contributed by atoms with van der Waals surface area (Å²) in [4.78, 5) is 25.0. The summed E-state index contributed by atoms with van der Waals surface area (Å²) in [7, 11) is 3.96. The predicted molar refractivity (Wildman–Crippen MR) is 103 cm³/mol. The maximum atomic E-state index is 12.6. The Morgan fingerprint density at radius 3 is 2.76 bits per heavy atom. The number of nitrogens with zero attached hydrogens (tertiary/aromatic N) is 3. The number of carbonyl (C=O) groups is 1. The summed E-state index contributed by atoms with van der Waals surface area (Å²) in [5, 5.41) is 4.06. The van der Waals surface area contributed by atoms with E-state index in [2.05, 4.69) is 17.4 Å². The number of amides is 1. The molecule has 2 aromatic carbocycles. The second kappa shape index (κ2) is 6.38. The third-order valence-electron chi connectivity index (χ3n) is 4.10.